The van der Waals surface area contributed by atoms with Gasteiger partial charge >= 0.3 is 23.9 Å². The summed E-state index contributed by atoms with van der Waals surface area (Å²) in [5, 5.41) is 0. The second kappa shape index (κ2) is 9.32. The fourth-order valence-electron chi connectivity index (χ4n) is 9.23. The molecule has 0 saturated heterocycles. The first-order valence-electron chi connectivity index (χ1n) is 13.4. The van der Waals surface area contributed by atoms with Crippen molar-refractivity contribution in [3.8, 4) is 0 Å². The van der Waals surface area contributed by atoms with Crippen LogP contribution >= 0.6 is 0 Å². The lowest BCUT2D eigenvalue weighted by molar-refractivity contribution is -0.221. The zero-order valence-corrected chi connectivity index (χ0v) is 22.6. The Morgan fingerprint density at radius 3 is 2.08 bits per heavy atom. The highest BCUT2D eigenvalue weighted by atomic mass is 16.6. The normalized spacial score (nSPS) is 42.9. The number of esters is 4. The molecule has 0 aromatic carbocycles. The highest BCUT2D eigenvalue weighted by Gasteiger charge is 2.72. The largest absolute Gasteiger partial charge is 0.465 e. The standard InChI is InChI=1S/C28H42O8/c1-17(29)33-15-25(5)10-7-11-26(6)22-9-8-21-13-27(22,24(12-23(25)26)35-19(3)31)14-28(21,36-20(4)32)16-34-18(2)30/h21-24H,7-16H2,1-6H3/t21-,22+,23?,24-,25-,26+,27-,28+/m1/s1. The fourth-order valence-corrected chi connectivity index (χ4v) is 9.23. The van der Waals surface area contributed by atoms with Gasteiger partial charge in [0.1, 0.15) is 18.3 Å². The molecule has 36 heavy (non-hydrogen) atoms. The van der Waals surface area contributed by atoms with Crippen LogP contribution in [-0.4, -0.2) is 48.8 Å². The molecule has 0 aliphatic heterocycles. The van der Waals surface area contributed by atoms with Crippen LogP contribution in [-0.2, 0) is 38.1 Å². The number of rotatable bonds is 6. The van der Waals surface area contributed by atoms with Crippen molar-refractivity contribution in [2.75, 3.05) is 13.2 Å². The monoisotopic (exact) mass is 506 g/mol. The first-order valence-corrected chi connectivity index (χ1v) is 13.4. The van der Waals surface area contributed by atoms with Gasteiger partial charge < -0.3 is 18.9 Å². The molecule has 8 nitrogen and oxygen atoms in total. The quantitative estimate of drug-likeness (QED) is 0.386. The molecule has 4 fully saturated rings. The van der Waals surface area contributed by atoms with E-state index in [1.807, 2.05) is 0 Å². The lowest BCUT2D eigenvalue weighted by atomic mass is 9.40. The van der Waals surface area contributed by atoms with Crippen molar-refractivity contribution in [3.05, 3.63) is 0 Å². The molecule has 2 bridgehead atoms. The Morgan fingerprint density at radius 1 is 0.806 bits per heavy atom. The van der Waals surface area contributed by atoms with Crippen LogP contribution in [0.1, 0.15) is 92.9 Å². The SMILES string of the molecule is CC(=O)OC[C@@]1(C)CCC[C@]2(C)C1C[C@@H](OC(C)=O)[C@@]13C[C@@H](CC[C@H]12)[C@](COC(C)=O)(OC(C)=O)C3. The minimum atomic E-state index is -0.913. The van der Waals surface area contributed by atoms with E-state index in [2.05, 4.69) is 13.8 Å². The van der Waals surface area contributed by atoms with E-state index >= 15 is 0 Å². The van der Waals surface area contributed by atoms with Crippen LogP contribution in [0.3, 0.4) is 0 Å². The number of carbonyl (C=O) groups excluding carboxylic acids is 4. The first-order chi connectivity index (χ1) is 16.8. The summed E-state index contributed by atoms with van der Waals surface area (Å²) in [6.45, 7) is 10.6. The predicted molar refractivity (Wildman–Crippen MR) is 129 cm³/mol. The van der Waals surface area contributed by atoms with Crippen molar-refractivity contribution in [1.82, 2.24) is 0 Å². The lowest BCUT2D eigenvalue weighted by Gasteiger charge is -2.65. The Balaban J connectivity index is 1.76. The Bertz CT molecular complexity index is 931. The van der Waals surface area contributed by atoms with Crippen LogP contribution in [0.25, 0.3) is 0 Å². The van der Waals surface area contributed by atoms with Crippen molar-refractivity contribution >= 4 is 23.9 Å². The Labute approximate surface area is 214 Å². The maximum absolute atomic E-state index is 12.4. The second-order valence-electron chi connectivity index (χ2n) is 12.6. The van der Waals surface area contributed by atoms with Crippen molar-refractivity contribution < 1.29 is 38.1 Å². The van der Waals surface area contributed by atoms with E-state index in [1.54, 1.807) is 0 Å². The topological polar surface area (TPSA) is 105 Å². The fraction of sp³-hybridized carbons (Fsp3) is 0.857. The van der Waals surface area contributed by atoms with Gasteiger partial charge in [0.15, 0.2) is 0 Å². The summed E-state index contributed by atoms with van der Waals surface area (Å²) in [5.41, 5.74) is -1.53. The molecule has 0 aromatic rings. The summed E-state index contributed by atoms with van der Waals surface area (Å²) in [5.74, 6) is -0.897. The zero-order chi connectivity index (χ0) is 26.5. The van der Waals surface area contributed by atoms with Crippen LogP contribution in [0.4, 0.5) is 0 Å². The van der Waals surface area contributed by atoms with Gasteiger partial charge in [0, 0.05) is 50.9 Å². The molecular weight excluding hydrogens is 464 g/mol. The molecule has 0 N–H and O–H groups in total. The molecule has 4 aliphatic rings. The second-order valence-corrected chi connectivity index (χ2v) is 12.6. The number of fused-ring (bicyclic) bond motifs is 3. The van der Waals surface area contributed by atoms with Crippen molar-refractivity contribution in [2.45, 2.75) is 105 Å². The molecule has 0 radical (unpaired) electrons. The van der Waals surface area contributed by atoms with Gasteiger partial charge in [0.2, 0.25) is 0 Å². The van der Waals surface area contributed by atoms with E-state index in [0.29, 0.717) is 19.4 Å². The van der Waals surface area contributed by atoms with Gasteiger partial charge in [-0.25, -0.2) is 0 Å². The van der Waals surface area contributed by atoms with Gasteiger partial charge in [-0.05, 0) is 55.8 Å². The van der Waals surface area contributed by atoms with E-state index in [4.69, 9.17) is 18.9 Å². The first kappa shape index (κ1) is 26.9. The number of hydrogen-bond acceptors (Lipinski definition) is 8. The Kier molecular flexibility index (Phi) is 6.97. The van der Waals surface area contributed by atoms with Crippen LogP contribution in [0, 0.1) is 34.0 Å². The maximum atomic E-state index is 12.4. The molecule has 202 valence electrons. The zero-order valence-electron chi connectivity index (χ0n) is 22.6. The Hall–Kier alpha value is -2.12. The molecule has 4 aliphatic carbocycles. The molecule has 1 spiro atoms. The molecule has 1 unspecified atom stereocenters. The third-order valence-electron chi connectivity index (χ3n) is 10.3. The molecule has 4 rings (SSSR count). The minimum absolute atomic E-state index is 0.0259. The molecule has 4 saturated carbocycles. The van der Waals surface area contributed by atoms with Gasteiger partial charge in [0.25, 0.3) is 0 Å². The van der Waals surface area contributed by atoms with E-state index in [1.165, 1.54) is 27.7 Å². The molecule has 0 amide bonds. The molecule has 8 heteroatoms. The van der Waals surface area contributed by atoms with Gasteiger partial charge in [-0.1, -0.05) is 20.3 Å². The Morgan fingerprint density at radius 2 is 1.47 bits per heavy atom. The number of hydrogen-bond donors (Lipinski definition) is 0. The lowest BCUT2D eigenvalue weighted by Crippen LogP contribution is -2.63. The van der Waals surface area contributed by atoms with Crippen LogP contribution in [0.2, 0.25) is 0 Å². The van der Waals surface area contributed by atoms with Crippen molar-refractivity contribution in [2.24, 2.45) is 34.0 Å². The molecule has 0 aromatic heterocycles. The molecule has 0 heterocycles. The summed E-state index contributed by atoms with van der Waals surface area (Å²) >= 11 is 0. The summed E-state index contributed by atoms with van der Waals surface area (Å²) in [6.07, 6.45) is 6.48. The van der Waals surface area contributed by atoms with Gasteiger partial charge in [0.05, 0.1) is 6.61 Å². The molecule has 8 atom stereocenters. The van der Waals surface area contributed by atoms with Gasteiger partial charge in [-0.2, -0.15) is 0 Å². The summed E-state index contributed by atoms with van der Waals surface area (Å²) in [6, 6.07) is 0. The number of ether oxygens (including phenoxy) is 4. The highest BCUT2D eigenvalue weighted by molar-refractivity contribution is 5.68. The van der Waals surface area contributed by atoms with E-state index < -0.39 is 17.5 Å². The van der Waals surface area contributed by atoms with Gasteiger partial charge in [-0.15, -0.1) is 0 Å². The minimum Gasteiger partial charge on any atom is -0.465 e. The van der Waals surface area contributed by atoms with Crippen LogP contribution in [0.15, 0.2) is 0 Å². The van der Waals surface area contributed by atoms with Crippen LogP contribution in [0.5, 0.6) is 0 Å². The van der Waals surface area contributed by atoms with Crippen molar-refractivity contribution in [1.29, 1.82) is 0 Å². The smallest absolute Gasteiger partial charge is 0.303 e. The predicted octanol–water partition coefficient (Wildman–Crippen LogP) is 4.37. The van der Waals surface area contributed by atoms with Crippen LogP contribution < -0.4 is 0 Å². The van der Waals surface area contributed by atoms with Crippen molar-refractivity contribution in [3.63, 3.8) is 0 Å². The summed E-state index contributed by atoms with van der Waals surface area (Å²) in [7, 11) is 0. The number of carbonyl (C=O) groups is 4. The van der Waals surface area contributed by atoms with E-state index in [-0.39, 0.29) is 58.6 Å². The third-order valence-corrected chi connectivity index (χ3v) is 10.3. The molecular formula is C28H42O8. The van der Waals surface area contributed by atoms with E-state index in [9.17, 15) is 19.2 Å². The average Bonchev–Trinajstić information content (AvgIpc) is 2.99. The van der Waals surface area contributed by atoms with Gasteiger partial charge in [-0.3, -0.25) is 19.2 Å². The highest BCUT2D eigenvalue weighted by Crippen LogP contribution is 2.73. The summed E-state index contributed by atoms with van der Waals surface area (Å²) < 4.78 is 23.2. The average molecular weight is 507 g/mol. The maximum Gasteiger partial charge on any atom is 0.303 e. The summed E-state index contributed by atoms with van der Waals surface area (Å²) in [4.78, 5) is 48.1. The third kappa shape index (κ3) is 4.43. The van der Waals surface area contributed by atoms with E-state index in [0.717, 1.165) is 38.5 Å².